The molecule has 0 fully saturated rings. The highest BCUT2D eigenvalue weighted by molar-refractivity contribution is 7.81. The average Bonchev–Trinajstić information content (AvgIpc) is 2.10. The molecule has 0 heterocycles. The summed E-state index contributed by atoms with van der Waals surface area (Å²) in [5, 5.41) is 0.580. The van der Waals surface area contributed by atoms with E-state index in [9.17, 15) is 4.57 Å². The van der Waals surface area contributed by atoms with Crippen LogP contribution in [0.4, 0.5) is 0 Å². The van der Waals surface area contributed by atoms with Gasteiger partial charge in [0.2, 0.25) is 0 Å². The lowest BCUT2D eigenvalue weighted by molar-refractivity contribution is 0.339. The predicted octanol–water partition coefficient (Wildman–Crippen LogP) is 4.02. The van der Waals surface area contributed by atoms with Gasteiger partial charge in [-0.15, -0.1) is 0 Å². The summed E-state index contributed by atoms with van der Waals surface area (Å²) in [4.78, 5) is 0. The molecule has 0 amide bonds. The van der Waals surface area contributed by atoms with E-state index in [0.717, 1.165) is 5.56 Å². The number of rotatable bonds is 3. The van der Waals surface area contributed by atoms with Crippen molar-refractivity contribution in [3.05, 3.63) is 28.8 Å². The monoisotopic (exact) mass is 254 g/mol. The summed E-state index contributed by atoms with van der Waals surface area (Å²) in [6.07, 6.45) is 0. The molecule has 3 nitrogen and oxygen atoms in total. The second-order valence-corrected chi connectivity index (χ2v) is 5.70. The Kier molecular flexibility index (Phi) is 3.85. The second-order valence-electron chi connectivity index (χ2n) is 2.61. The molecule has 0 saturated carbocycles. The van der Waals surface area contributed by atoms with Crippen molar-refractivity contribution in [2.45, 2.75) is 6.92 Å². The maximum Gasteiger partial charge on any atom is 0.476 e. The molecule has 6 heteroatoms. The minimum absolute atomic E-state index is 0.398. The molecule has 0 bridgehead atoms. The van der Waals surface area contributed by atoms with Crippen LogP contribution in [0.25, 0.3) is 0 Å². The number of hydrogen-bond donors (Lipinski definition) is 0. The van der Waals surface area contributed by atoms with Gasteiger partial charge in [0.25, 0.3) is 0 Å². The fourth-order valence-corrected chi connectivity index (χ4v) is 1.83. The Labute approximate surface area is 92.3 Å². The van der Waals surface area contributed by atoms with Gasteiger partial charge in [-0.1, -0.05) is 11.6 Å². The zero-order valence-corrected chi connectivity index (χ0v) is 10.1. The molecule has 0 N–H and O–H groups in total. The third-order valence-corrected chi connectivity index (χ3v) is 3.27. The van der Waals surface area contributed by atoms with Crippen molar-refractivity contribution in [1.29, 1.82) is 0 Å². The molecular weight excluding hydrogens is 246 g/mol. The van der Waals surface area contributed by atoms with Gasteiger partial charge in [-0.2, -0.15) is 0 Å². The van der Waals surface area contributed by atoms with Crippen LogP contribution in [0.15, 0.2) is 18.2 Å². The first-order valence-corrected chi connectivity index (χ1v) is 6.58. The topological polar surface area (TPSA) is 35.5 Å². The second kappa shape index (κ2) is 4.54. The third-order valence-electron chi connectivity index (χ3n) is 1.56. The van der Waals surface area contributed by atoms with Gasteiger partial charge >= 0.3 is 6.95 Å². The van der Waals surface area contributed by atoms with Gasteiger partial charge in [0.15, 0.2) is 0 Å². The van der Waals surface area contributed by atoms with Crippen molar-refractivity contribution in [2.24, 2.45) is 0 Å². The maximum absolute atomic E-state index is 11.3. The van der Waals surface area contributed by atoms with Crippen molar-refractivity contribution in [1.82, 2.24) is 0 Å². The van der Waals surface area contributed by atoms with Crippen LogP contribution >= 0.6 is 29.8 Å². The van der Waals surface area contributed by atoms with Crippen LogP contribution < -0.4 is 4.52 Å². The fraction of sp³-hybridized carbons (Fsp3) is 0.250. The smallest absolute Gasteiger partial charge is 0.413 e. The van der Waals surface area contributed by atoms with Crippen LogP contribution in [-0.2, 0) is 9.09 Å². The molecule has 1 rings (SSSR count). The molecule has 78 valence electrons. The Balaban J connectivity index is 2.93. The molecule has 1 aromatic rings. The number of halogens is 2. The van der Waals surface area contributed by atoms with Crippen molar-refractivity contribution in [3.63, 3.8) is 0 Å². The summed E-state index contributed by atoms with van der Waals surface area (Å²) in [5.74, 6) is 0.398. The van der Waals surface area contributed by atoms with Crippen molar-refractivity contribution in [3.8, 4) is 5.75 Å². The quantitative estimate of drug-likeness (QED) is 0.765. The average molecular weight is 255 g/mol. The Morgan fingerprint density at radius 1 is 1.43 bits per heavy atom. The zero-order valence-electron chi connectivity index (χ0n) is 7.66. The predicted molar refractivity (Wildman–Crippen MR) is 57.3 cm³/mol. The summed E-state index contributed by atoms with van der Waals surface area (Å²) in [7, 11) is 1.22. The van der Waals surface area contributed by atoms with E-state index in [0.29, 0.717) is 10.8 Å². The van der Waals surface area contributed by atoms with Crippen LogP contribution in [0.2, 0.25) is 5.02 Å². The maximum atomic E-state index is 11.3. The molecule has 0 aliphatic rings. The summed E-state index contributed by atoms with van der Waals surface area (Å²) in [6.45, 7) is -1.74. The lowest BCUT2D eigenvalue weighted by Crippen LogP contribution is -1.91. The van der Waals surface area contributed by atoms with Crippen LogP contribution in [0.1, 0.15) is 5.56 Å². The lowest BCUT2D eigenvalue weighted by atomic mass is 10.2. The lowest BCUT2D eigenvalue weighted by Gasteiger charge is -2.11. The van der Waals surface area contributed by atoms with Gasteiger partial charge in [-0.05, 0) is 30.7 Å². The van der Waals surface area contributed by atoms with E-state index in [1.807, 2.05) is 0 Å². The van der Waals surface area contributed by atoms with Gasteiger partial charge in [0.05, 0.1) is 0 Å². The third kappa shape index (κ3) is 3.18. The van der Waals surface area contributed by atoms with E-state index in [2.05, 4.69) is 4.52 Å². The summed E-state index contributed by atoms with van der Waals surface area (Å²) < 4.78 is 20.7. The molecule has 0 radical (unpaired) electrons. The van der Waals surface area contributed by atoms with Crippen LogP contribution in [0.3, 0.4) is 0 Å². The largest absolute Gasteiger partial charge is 0.476 e. The van der Waals surface area contributed by atoms with E-state index in [1.165, 1.54) is 7.11 Å². The van der Waals surface area contributed by atoms with E-state index in [1.54, 1.807) is 25.1 Å². The first kappa shape index (κ1) is 11.9. The van der Waals surface area contributed by atoms with Crippen molar-refractivity contribution in [2.75, 3.05) is 7.11 Å². The van der Waals surface area contributed by atoms with E-state index in [-0.39, 0.29) is 0 Å². The van der Waals surface area contributed by atoms with Crippen molar-refractivity contribution >= 4 is 29.8 Å². The molecule has 0 unspecified atom stereocenters. The normalized spacial score (nSPS) is 14.9. The van der Waals surface area contributed by atoms with Gasteiger partial charge in [0, 0.05) is 23.4 Å². The highest BCUT2D eigenvalue weighted by atomic mass is 35.7. The van der Waals surface area contributed by atoms with E-state index >= 15 is 0 Å². The molecule has 0 aromatic heterocycles. The Morgan fingerprint density at radius 3 is 2.57 bits per heavy atom. The van der Waals surface area contributed by atoms with Gasteiger partial charge in [-0.3, -0.25) is 4.52 Å². The minimum atomic E-state index is -3.51. The highest BCUT2D eigenvalue weighted by Gasteiger charge is 2.21. The Morgan fingerprint density at radius 2 is 2.07 bits per heavy atom. The molecule has 0 aliphatic heterocycles. The van der Waals surface area contributed by atoms with Crippen LogP contribution in [0.5, 0.6) is 5.75 Å². The summed E-state index contributed by atoms with van der Waals surface area (Å²) in [6, 6.07) is 4.89. The summed E-state index contributed by atoms with van der Waals surface area (Å²) in [5.41, 5.74) is 0.746. The number of aryl methyl sites for hydroxylation is 1. The van der Waals surface area contributed by atoms with E-state index in [4.69, 9.17) is 27.4 Å². The molecule has 0 saturated heterocycles. The SMILES string of the molecule is CO[P@@](=O)(Cl)Oc1ccc(Cl)cc1C. The van der Waals surface area contributed by atoms with Gasteiger partial charge < -0.3 is 4.52 Å². The summed E-state index contributed by atoms with van der Waals surface area (Å²) >= 11 is 11.2. The zero-order chi connectivity index (χ0) is 10.8. The standard InChI is InChI=1S/C8H9Cl2O3P/c1-6-5-7(9)3-4-8(6)13-14(10,11)12-2/h3-5H,1-2H3/t14-/m0/s1. The van der Waals surface area contributed by atoms with Gasteiger partial charge in [-0.25, -0.2) is 4.57 Å². The minimum Gasteiger partial charge on any atom is -0.413 e. The molecule has 1 atom stereocenters. The molecule has 0 spiro atoms. The fourth-order valence-electron chi connectivity index (χ4n) is 0.870. The number of benzene rings is 1. The van der Waals surface area contributed by atoms with E-state index < -0.39 is 6.95 Å². The van der Waals surface area contributed by atoms with Gasteiger partial charge in [0.1, 0.15) is 5.75 Å². The number of hydrogen-bond acceptors (Lipinski definition) is 3. The van der Waals surface area contributed by atoms with Crippen LogP contribution in [-0.4, -0.2) is 7.11 Å². The molecule has 1 aromatic carbocycles. The highest BCUT2D eigenvalue weighted by Crippen LogP contribution is 2.53. The van der Waals surface area contributed by atoms with Crippen molar-refractivity contribution < 1.29 is 13.6 Å². The molecular formula is C8H9Cl2O3P. The first-order valence-electron chi connectivity index (χ1n) is 3.76. The Bertz CT molecular complexity index is 381. The first-order chi connectivity index (χ1) is 6.44. The molecule has 14 heavy (non-hydrogen) atoms. The van der Waals surface area contributed by atoms with Crippen LogP contribution in [0, 0.1) is 6.92 Å². The molecule has 0 aliphatic carbocycles. The Hall–Kier alpha value is -0.210.